The zero-order valence-electron chi connectivity index (χ0n) is 6.34. The molecule has 62 valence electrons. The van der Waals surface area contributed by atoms with E-state index in [0.717, 1.165) is 6.42 Å². The number of hydrogen-bond donors (Lipinski definition) is 0. The third-order valence-electron chi connectivity index (χ3n) is 0.856. The molecule has 0 saturated heterocycles. The Morgan fingerprint density at radius 2 is 2.10 bits per heavy atom. The molecule has 3 nitrogen and oxygen atoms in total. The molecular weight excluding hydrogens is 154 g/mol. The van der Waals surface area contributed by atoms with Crippen LogP contribution in [0.4, 0.5) is 0 Å². The molecule has 0 aromatic carbocycles. The highest BCUT2D eigenvalue weighted by Crippen LogP contribution is 1.86. The highest BCUT2D eigenvalue weighted by Gasteiger charge is 1.95. The summed E-state index contributed by atoms with van der Waals surface area (Å²) in [7, 11) is 0. The molecule has 0 aromatic rings. The van der Waals surface area contributed by atoms with Gasteiger partial charge in [-0.15, -0.1) is 0 Å². The van der Waals surface area contributed by atoms with Crippen LogP contribution in [0, 0.1) is 0 Å². The Kier molecular flexibility index (Phi) is 10.8. The molecule has 0 aliphatic carbocycles. The maximum atomic E-state index is 10.1. The summed E-state index contributed by atoms with van der Waals surface area (Å²) in [5.41, 5.74) is 0. The van der Waals surface area contributed by atoms with Crippen LogP contribution in [0.15, 0.2) is 0 Å². The molecule has 0 heterocycles. The summed E-state index contributed by atoms with van der Waals surface area (Å²) in [6.07, 6.45) is 1.63. The lowest BCUT2D eigenvalue weighted by Gasteiger charge is -2.13. The first-order chi connectivity index (χ1) is 4.35. The van der Waals surface area contributed by atoms with Crippen molar-refractivity contribution in [1.82, 2.24) is 5.06 Å². The average Bonchev–Trinajstić information content (AvgIpc) is 1.88. The number of rotatable bonds is 5. The SMILES string of the molecule is CCCN(C=O)OCC.[Cl-]. The minimum absolute atomic E-state index is 0. The van der Waals surface area contributed by atoms with Gasteiger partial charge < -0.3 is 12.4 Å². The smallest absolute Gasteiger partial charge is 0.233 e. The number of hydrogen-bond acceptors (Lipinski definition) is 2. The molecule has 0 fully saturated rings. The van der Waals surface area contributed by atoms with E-state index in [2.05, 4.69) is 0 Å². The lowest BCUT2D eigenvalue weighted by atomic mass is 10.5. The largest absolute Gasteiger partial charge is 1.00 e. The van der Waals surface area contributed by atoms with Gasteiger partial charge in [0, 0.05) is 6.54 Å². The van der Waals surface area contributed by atoms with Gasteiger partial charge >= 0.3 is 0 Å². The summed E-state index contributed by atoms with van der Waals surface area (Å²) in [5, 5.41) is 1.31. The molecule has 0 unspecified atom stereocenters. The van der Waals surface area contributed by atoms with Crippen molar-refractivity contribution in [2.75, 3.05) is 13.2 Å². The molecule has 0 atom stereocenters. The number of halogens is 1. The van der Waals surface area contributed by atoms with Crippen LogP contribution in [0.5, 0.6) is 0 Å². The maximum absolute atomic E-state index is 10.1. The second kappa shape index (κ2) is 8.72. The van der Waals surface area contributed by atoms with Crippen molar-refractivity contribution in [3.05, 3.63) is 0 Å². The Hall–Kier alpha value is -0.280. The Labute approximate surface area is 67.7 Å². The van der Waals surface area contributed by atoms with Crippen LogP contribution in [0.25, 0.3) is 0 Å². The van der Waals surface area contributed by atoms with Crippen molar-refractivity contribution in [2.24, 2.45) is 0 Å². The predicted octanol–water partition coefficient (Wildman–Crippen LogP) is -2.19. The summed E-state index contributed by atoms with van der Waals surface area (Å²) in [6, 6.07) is 0. The quantitative estimate of drug-likeness (QED) is 0.343. The Bertz CT molecular complexity index is 74.1. The van der Waals surface area contributed by atoms with Crippen molar-refractivity contribution in [1.29, 1.82) is 0 Å². The lowest BCUT2D eigenvalue weighted by molar-refractivity contribution is -0.170. The van der Waals surface area contributed by atoms with E-state index in [9.17, 15) is 4.79 Å². The highest BCUT2D eigenvalue weighted by atomic mass is 35.5. The van der Waals surface area contributed by atoms with Crippen LogP contribution in [0.2, 0.25) is 0 Å². The van der Waals surface area contributed by atoms with Crippen LogP contribution >= 0.6 is 0 Å². The molecule has 0 N–H and O–H groups in total. The van der Waals surface area contributed by atoms with Crippen LogP contribution < -0.4 is 12.4 Å². The van der Waals surface area contributed by atoms with Crippen molar-refractivity contribution in [3.8, 4) is 0 Å². The first-order valence-corrected chi connectivity index (χ1v) is 3.20. The second-order valence-electron chi connectivity index (χ2n) is 1.66. The van der Waals surface area contributed by atoms with E-state index >= 15 is 0 Å². The molecule has 4 heteroatoms. The van der Waals surface area contributed by atoms with Crippen molar-refractivity contribution < 1.29 is 22.0 Å². The van der Waals surface area contributed by atoms with E-state index in [1.807, 2.05) is 13.8 Å². The monoisotopic (exact) mass is 166 g/mol. The van der Waals surface area contributed by atoms with Gasteiger partial charge in [0.1, 0.15) is 0 Å². The predicted molar refractivity (Wildman–Crippen MR) is 34.7 cm³/mol. The molecule has 0 rings (SSSR count). The van der Waals surface area contributed by atoms with Gasteiger partial charge in [0.05, 0.1) is 6.61 Å². The minimum Gasteiger partial charge on any atom is -1.00 e. The van der Waals surface area contributed by atoms with E-state index in [-0.39, 0.29) is 12.4 Å². The third kappa shape index (κ3) is 5.85. The second-order valence-corrected chi connectivity index (χ2v) is 1.66. The molecular formula is C6H13ClNO2-. The van der Waals surface area contributed by atoms with Gasteiger partial charge in [0.25, 0.3) is 0 Å². The number of hydroxylamine groups is 2. The zero-order valence-corrected chi connectivity index (χ0v) is 7.10. The topological polar surface area (TPSA) is 29.5 Å². The molecule has 0 aliphatic heterocycles. The summed E-state index contributed by atoms with van der Waals surface area (Å²) in [5.74, 6) is 0. The van der Waals surface area contributed by atoms with Crippen molar-refractivity contribution in [3.63, 3.8) is 0 Å². The minimum atomic E-state index is 0. The molecule has 1 amide bonds. The normalized spacial score (nSPS) is 8.20. The zero-order chi connectivity index (χ0) is 7.11. The Morgan fingerprint density at radius 3 is 2.40 bits per heavy atom. The first-order valence-electron chi connectivity index (χ1n) is 3.20. The van der Waals surface area contributed by atoms with Crippen LogP contribution in [0.1, 0.15) is 20.3 Å². The van der Waals surface area contributed by atoms with Gasteiger partial charge in [0.15, 0.2) is 0 Å². The lowest BCUT2D eigenvalue weighted by Crippen LogP contribution is -3.00. The number of carbonyl (C=O) groups excluding carboxylic acids is 1. The summed E-state index contributed by atoms with van der Waals surface area (Å²) < 4.78 is 0. The van der Waals surface area contributed by atoms with Crippen LogP contribution in [-0.2, 0) is 9.63 Å². The van der Waals surface area contributed by atoms with E-state index in [4.69, 9.17) is 4.84 Å². The van der Waals surface area contributed by atoms with E-state index in [1.54, 1.807) is 0 Å². The number of amides is 1. The summed E-state index contributed by atoms with van der Waals surface area (Å²) in [6.45, 7) is 5.08. The molecule has 0 aromatic heterocycles. The van der Waals surface area contributed by atoms with Gasteiger partial charge in [-0.1, -0.05) is 6.92 Å². The Balaban J connectivity index is 0. The fourth-order valence-corrected chi connectivity index (χ4v) is 0.534. The first kappa shape index (κ1) is 12.4. The van der Waals surface area contributed by atoms with Gasteiger partial charge in [-0.05, 0) is 13.3 Å². The van der Waals surface area contributed by atoms with Gasteiger partial charge in [-0.3, -0.25) is 9.63 Å². The van der Waals surface area contributed by atoms with Gasteiger partial charge in [-0.25, -0.2) is 5.06 Å². The summed E-state index contributed by atoms with van der Waals surface area (Å²) >= 11 is 0. The molecule has 0 saturated carbocycles. The van der Waals surface area contributed by atoms with E-state index in [1.165, 1.54) is 5.06 Å². The molecule has 0 radical (unpaired) electrons. The molecule has 10 heavy (non-hydrogen) atoms. The molecule has 0 bridgehead atoms. The fourth-order valence-electron chi connectivity index (χ4n) is 0.534. The van der Waals surface area contributed by atoms with Crippen LogP contribution in [0.3, 0.4) is 0 Å². The van der Waals surface area contributed by atoms with Crippen molar-refractivity contribution >= 4 is 6.41 Å². The van der Waals surface area contributed by atoms with Crippen LogP contribution in [-0.4, -0.2) is 24.6 Å². The highest BCUT2D eigenvalue weighted by molar-refractivity contribution is 5.44. The average molecular weight is 167 g/mol. The molecule has 0 spiro atoms. The Morgan fingerprint density at radius 1 is 1.50 bits per heavy atom. The van der Waals surface area contributed by atoms with Gasteiger partial charge in [-0.2, -0.15) is 0 Å². The van der Waals surface area contributed by atoms with Crippen molar-refractivity contribution in [2.45, 2.75) is 20.3 Å². The fraction of sp³-hybridized carbons (Fsp3) is 0.833. The number of carbonyl (C=O) groups is 1. The van der Waals surface area contributed by atoms with E-state index < -0.39 is 0 Å². The standard InChI is InChI=1S/C6H13NO2.ClH/c1-3-5-7(6-8)9-4-2;/h6H,3-5H2,1-2H3;1H/p-1. The third-order valence-corrected chi connectivity index (χ3v) is 0.856. The maximum Gasteiger partial charge on any atom is 0.233 e. The van der Waals surface area contributed by atoms with Gasteiger partial charge in [0.2, 0.25) is 6.41 Å². The number of nitrogens with zero attached hydrogens (tertiary/aromatic N) is 1. The molecule has 0 aliphatic rings. The summed E-state index contributed by atoms with van der Waals surface area (Å²) in [4.78, 5) is 15.0. The van der Waals surface area contributed by atoms with E-state index in [0.29, 0.717) is 19.6 Å².